The number of hydrogen-bond acceptors (Lipinski definition) is 5. The molecule has 0 aliphatic heterocycles. The summed E-state index contributed by atoms with van der Waals surface area (Å²) in [6.45, 7) is 0.112. The summed E-state index contributed by atoms with van der Waals surface area (Å²) in [5.74, 6) is 1.37. The van der Waals surface area contributed by atoms with Gasteiger partial charge in [-0.25, -0.2) is 13.1 Å². The second-order valence-electron chi connectivity index (χ2n) is 5.11. The Hall–Kier alpha value is -2.51. The lowest BCUT2D eigenvalue weighted by Crippen LogP contribution is -2.28. The number of hydrogen-bond donors (Lipinski definition) is 1. The average molecular weight is 347 g/mol. The summed E-state index contributed by atoms with van der Waals surface area (Å²) in [5, 5.41) is 0. The standard InChI is InChI=1S/C17H17NO5S/c1-21-13-5-2-6-14(11-13)24(19,20)18-12-15(16-7-3-9-22-16)17-8-4-10-23-17/h2-11,15,18H,12H2,1H3. The monoisotopic (exact) mass is 347 g/mol. The first kappa shape index (κ1) is 16.4. The van der Waals surface area contributed by atoms with Gasteiger partial charge in [-0.15, -0.1) is 0 Å². The van der Waals surface area contributed by atoms with Crippen molar-refractivity contribution in [2.24, 2.45) is 0 Å². The molecule has 0 radical (unpaired) electrons. The lowest BCUT2D eigenvalue weighted by Gasteiger charge is -2.14. The lowest BCUT2D eigenvalue weighted by molar-refractivity contribution is 0.413. The minimum atomic E-state index is -3.68. The van der Waals surface area contributed by atoms with E-state index >= 15 is 0 Å². The van der Waals surface area contributed by atoms with Gasteiger partial charge in [-0.3, -0.25) is 0 Å². The number of rotatable bonds is 7. The third-order valence-corrected chi connectivity index (χ3v) is 5.02. The molecule has 24 heavy (non-hydrogen) atoms. The van der Waals surface area contributed by atoms with Crippen molar-refractivity contribution < 1.29 is 22.0 Å². The topological polar surface area (TPSA) is 81.7 Å². The van der Waals surface area contributed by atoms with Crippen LogP contribution in [0.3, 0.4) is 0 Å². The minimum Gasteiger partial charge on any atom is -0.497 e. The fourth-order valence-corrected chi connectivity index (χ4v) is 3.45. The van der Waals surface area contributed by atoms with Crippen LogP contribution in [0.25, 0.3) is 0 Å². The van der Waals surface area contributed by atoms with Gasteiger partial charge in [0.2, 0.25) is 10.0 Å². The summed E-state index contributed by atoms with van der Waals surface area (Å²) in [4.78, 5) is 0.138. The maximum absolute atomic E-state index is 12.5. The number of furan rings is 2. The Morgan fingerprint density at radius 1 is 1.04 bits per heavy atom. The Morgan fingerprint density at radius 2 is 1.71 bits per heavy atom. The summed E-state index contributed by atoms with van der Waals surface area (Å²) in [5.41, 5.74) is 0. The highest BCUT2D eigenvalue weighted by atomic mass is 32.2. The van der Waals surface area contributed by atoms with Crippen LogP contribution in [-0.4, -0.2) is 22.1 Å². The molecule has 0 amide bonds. The molecular weight excluding hydrogens is 330 g/mol. The Kier molecular flexibility index (Phi) is 4.73. The predicted molar refractivity (Wildman–Crippen MR) is 87.4 cm³/mol. The molecule has 0 bridgehead atoms. The van der Waals surface area contributed by atoms with Crippen LogP contribution in [0, 0.1) is 0 Å². The molecule has 3 aromatic rings. The van der Waals surface area contributed by atoms with Crippen LogP contribution in [0.5, 0.6) is 5.75 Å². The molecule has 0 aliphatic rings. The average Bonchev–Trinajstić information content (AvgIpc) is 3.29. The van der Waals surface area contributed by atoms with Gasteiger partial charge in [0.1, 0.15) is 17.3 Å². The highest BCUT2D eigenvalue weighted by Crippen LogP contribution is 2.25. The first-order chi connectivity index (χ1) is 11.6. The van der Waals surface area contributed by atoms with Crippen LogP contribution >= 0.6 is 0 Å². The van der Waals surface area contributed by atoms with E-state index < -0.39 is 10.0 Å². The van der Waals surface area contributed by atoms with Gasteiger partial charge < -0.3 is 13.6 Å². The first-order valence-corrected chi connectivity index (χ1v) is 8.79. The number of nitrogens with one attached hydrogen (secondary N) is 1. The fourth-order valence-electron chi connectivity index (χ4n) is 2.37. The van der Waals surface area contributed by atoms with Crippen molar-refractivity contribution in [2.45, 2.75) is 10.8 Å². The van der Waals surface area contributed by atoms with Gasteiger partial charge in [0.05, 0.1) is 30.4 Å². The van der Waals surface area contributed by atoms with Gasteiger partial charge in [0, 0.05) is 12.6 Å². The van der Waals surface area contributed by atoms with Crippen molar-refractivity contribution in [3.63, 3.8) is 0 Å². The normalized spacial score (nSPS) is 11.8. The fraction of sp³-hybridized carbons (Fsp3) is 0.176. The summed E-state index contributed by atoms with van der Waals surface area (Å²) in [7, 11) is -2.19. The molecule has 126 valence electrons. The molecule has 6 nitrogen and oxygen atoms in total. The molecule has 0 aliphatic carbocycles. The Balaban J connectivity index is 1.81. The maximum atomic E-state index is 12.5. The van der Waals surface area contributed by atoms with Crippen LogP contribution in [0.1, 0.15) is 17.4 Å². The Labute approximate surface area is 140 Å². The van der Waals surface area contributed by atoms with Gasteiger partial charge >= 0.3 is 0 Å². The zero-order valence-corrected chi connectivity index (χ0v) is 13.8. The first-order valence-electron chi connectivity index (χ1n) is 7.30. The van der Waals surface area contributed by atoms with Crippen molar-refractivity contribution in [3.05, 3.63) is 72.6 Å². The second kappa shape index (κ2) is 6.94. The number of ether oxygens (including phenoxy) is 1. The molecule has 1 N–H and O–H groups in total. The molecule has 0 fully saturated rings. The van der Waals surface area contributed by atoms with E-state index in [-0.39, 0.29) is 17.4 Å². The highest BCUT2D eigenvalue weighted by Gasteiger charge is 2.23. The summed E-state index contributed by atoms with van der Waals surface area (Å²) in [6.07, 6.45) is 3.09. The van der Waals surface area contributed by atoms with Gasteiger partial charge in [-0.05, 0) is 36.4 Å². The summed E-state index contributed by atoms with van der Waals surface area (Å²) in [6, 6.07) is 13.4. The molecule has 0 saturated heterocycles. The quantitative estimate of drug-likeness (QED) is 0.710. The molecule has 0 atom stereocenters. The van der Waals surface area contributed by atoms with Crippen LogP contribution in [0.4, 0.5) is 0 Å². The lowest BCUT2D eigenvalue weighted by atomic mass is 10.0. The van der Waals surface area contributed by atoms with E-state index in [1.54, 1.807) is 48.9 Å². The SMILES string of the molecule is COc1cccc(S(=O)(=O)NCC(c2ccco2)c2ccco2)c1. The van der Waals surface area contributed by atoms with Gasteiger partial charge in [0.15, 0.2) is 0 Å². The van der Waals surface area contributed by atoms with E-state index in [9.17, 15) is 8.42 Å². The van der Waals surface area contributed by atoms with E-state index in [1.165, 1.54) is 19.2 Å². The van der Waals surface area contributed by atoms with Gasteiger partial charge in [-0.1, -0.05) is 6.07 Å². The smallest absolute Gasteiger partial charge is 0.240 e. The Bertz CT molecular complexity index is 835. The zero-order valence-electron chi connectivity index (χ0n) is 13.0. The summed E-state index contributed by atoms with van der Waals surface area (Å²) >= 11 is 0. The van der Waals surface area contributed by atoms with Gasteiger partial charge in [0.25, 0.3) is 0 Å². The van der Waals surface area contributed by atoms with Crippen molar-refractivity contribution in [3.8, 4) is 5.75 Å². The van der Waals surface area contributed by atoms with E-state index in [1.807, 2.05) is 0 Å². The Morgan fingerprint density at radius 3 is 2.25 bits per heavy atom. The van der Waals surface area contributed by atoms with E-state index in [0.717, 1.165) is 0 Å². The number of benzene rings is 1. The maximum Gasteiger partial charge on any atom is 0.240 e. The molecule has 3 rings (SSSR count). The second-order valence-corrected chi connectivity index (χ2v) is 6.88. The molecule has 0 saturated carbocycles. The van der Waals surface area contributed by atoms with Crippen LogP contribution < -0.4 is 9.46 Å². The molecule has 2 heterocycles. The molecule has 7 heteroatoms. The van der Waals surface area contributed by atoms with E-state index in [0.29, 0.717) is 17.3 Å². The van der Waals surface area contributed by atoms with Crippen LogP contribution in [0.2, 0.25) is 0 Å². The number of methoxy groups -OCH3 is 1. The minimum absolute atomic E-state index is 0.112. The molecule has 1 aromatic carbocycles. The van der Waals surface area contributed by atoms with Gasteiger partial charge in [-0.2, -0.15) is 0 Å². The largest absolute Gasteiger partial charge is 0.497 e. The predicted octanol–water partition coefficient (Wildman–Crippen LogP) is 2.99. The van der Waals surface area contributed by atoms with Crippen LogP contribution in [-0.2, 0) is 10.0 Å². The highest BCUT2D eigenvalue weighted by molar-refractivity contribution is 7.89. The number of sulfonamides is 1. The summed E-state index contributed by atoms with van der Waals surface area (Å²) < 4.78 is 43.5. The van der Waals surface area contributed by atoms with E-state index in [4.69, 9.17) is 13.6 Å². The molecule has 0 spiro atoms. The van der Waals surface area contributed by atoms with Crippen LogP contribution in [0.15, 0.2) is 74.8 Å². The molecule has 0 unspecified atom stereocenters. The van der Waals surface area contributed by atoms with Crippen molar-refractivity contribution in [2.75, 3.05) is 13.7 Å². The zero-order chi connectivity index (χ0) is 17.0. The van der Waals surface area contributed by atoms with E-state index in [2.05, 4.69) is 4.72 Å². The molecule has 2 aromatic heterocycles. The van der Waals surface area contributed by atoms with Crippen molar-refractivity contribution in [1.82, 2.24) is 4.72 Å². The van der Waals surface area contributed by atoms with Crippen molar-refractivity contribution in [1.29, 1.82) is 0 Å². The van der Waals surface area contributed by atoms with Crippen molar-refractivity contribution >= 4 is 10.0 Å². The molecular formula is C17H17NO5S. The third kappa shape index (κ3) is 3.52. The third-order valence-electron chi connectivity index (χ3n) is 3.60.